The molecule has 0 saturated heterocycles. The number of ether oxygens (including phenoxy) is 2. The van der Waals surface area contributed by atoms with Crippen molar-refractivity contribution < 1.29 is 14.3 Å². The van der Waals surface area contributed by atoms with Gasteiger partial charge >= 0.3 is 5.97 Å². The van der Waals surface area contributed by atoms with Gasteiger partial charge in [-0.25, -0.2) is 4.79 Å². The van der Waals surface area contributed by atoms with Gasteiger partial charge in [0.25, 0.3) is 0 Å². The average Bonchev–Trinajstić information content (AvgIpc) is 2.32. The Hall–Kier alpha value is -0.450. The van der Waals surface area contributed by atoms with Crippen molar-refractivity contribution in [3.63, 3.8) is 0 Å². The third kappa shape index (κ3) is 5.04. The van der Waals surface area contributed by atoms with Crippen molar-refractivity contribution in [2.24, 2.45) is 0 Å². The minimum absolute atomic E-state index is 0.179. The van der Waals surface area contributed by atoms with Gasteiger partial charge in [0.2, 0.25) is 0 Å². The smallest absolute Gasteiger partial charge is 0.344 e. The van der Waals surface area contributed by atoms with E-state index >= 15 is 0 Å². The molecular formula is C12H13BrCl2O3. The molecule has 0 spiro atoms. The molecule has 0 unspecified atom stereocenters. The van der Waals surface area contributed by atoms with Crippen LogP contribution < -0.4 is 4.74 Å². The van der Waals surface area contributed by atoms with Crippen molar-refractivity contribution in [3.05, 3.63) is 26.7 Å². The molecule has 1 aromatic rings. The molecule has 0 radical (unpaired) electrons. The lowest BCUT2D eigenvalue weighted by atomic mass is 10.3. The SMILES string of the molecule is CCCCOC(=O)COc1cc(Cl)c(Br)cc1Cl. The molecule has 18 heavy (non-hydrogen) atoms. The Bertz CT molecular complexity index is 424. The third-order valence-electron chi connectivity index (χ3n) is 2.08. The second-order valence-corrected chi connectivity index (χ2v) is 5.23. The third-order valence-corrected chi connectivity index (χ3v) is 3.57. The molecule has 3 nitrogen and oxygen atoms in total. The second-order valence-electron chi connectivity index (χ2n) is 3.56. The van der Waals surface area contributed by atoms with Crippen LogP contribution in [0.1, 0.15) is 19.8 Å². The van der Waals surface area contributed by atoms with E-state index in [0.29, 0.717) is 26.9 Å². The van der Waals surface area contributed by atoms with Crippen LogP contribution in [0.15, 0.2) is 16.6 Å². The summed E-state index contributed by atoms with van der Waals surface area (Å²) in [4.78, 5) is 11.3. The van der Waals surface area contributed by atoms with E-state index < -0.39 is 5.97 Å². The summed E-state index contributed by atoms with van der Waals surface area (Å²) < 4.78 is 10.9. The summed E-state index contributed by atoms with van der Waals surface area (Å²) in [5.74, 6) is -0.0594. The molecule has 0 saturated carbocycles. The van der Waals surface area contributed by atoms with Crippen LogP contribution in [0, 0.1) is 0 Å². The molecule has 0 aliphatic carbocycles. The van der Waals surface area contributed by atoms with Crippen LogP contribution in [-0.2, 0) is 9.53 Å². The highest BCUT2D eigenvalue weighted by molar-refractivity contribution is 9.10. The van der Waals surface area contributed by atoms with Gasteiger partial charge < -0.3 is 9.47 Å². The number of halogens is 3. The Morgan fingerprint density at radius 3 is 2.72 bits per heavy atom. The second kappa shape index (κ2) is 7.87. The van der Waals surface area contributed by atoms with E-state index in [9.17, 15) is 4.79 Å². The molecule has 1 rings (SSSR count). The summed E-state index contributed by atoms with van der Waals surface area (Å²) >= 11 is 15.1. The number of carbonyl (C=O) groups is 1. The molecule has 0 amide bonds. The van der Waals surface area contributed by atoms with Gasteiger partial charge in [-0.15, -0.1) is 0 Å². The molecule has 0 aliphatic rings. The van der Waals surface area contributed by atoms with Crippen LogP contribution in [0.4, 0.5) is 0 Å². The quantitative estimate of drug-likeness (QED) is 0.428. The van der Waals surface area contributed by atoms with Gasteiger partial charge in [0.15, 0.2) is 6.61 Å². The zero-order valence-electron chi connectivity index (χ0n) is 9.84. The molecule has 0 N–H and O–H groups in total. The van der Waals surface area contributed by atoms with Gasteiger partial charge in [-0.2, -0.15) is 0 Å². The number of hydrogen-bond donors (Lipinski definition) is 0. The number of carbonyl (C=O) groups excluding carboxylic acids is 1. The van der Waals surface area contributed by atoms with Gasteiger partial charge in [-0.3, -0.25) is 0 Å². The standard InChI is InChI=1S/C12H13BrCl2O3/c1-2-3-4-17-12(16)7-18-11-6-9(14)8(13)5-10(11)15/h5-6H,2-4,7H2,1H3. The topological polar surface area (TPSA) is 35.5 Å². The van der Waals surface area contributed by atoms with Crippen molar-refractivity contribution >= 4 is 45.1 Å². The molecule has 0 atom stereocenters. The Morgan fingerprint density at radius 1 is 1.33 bits per heavy atom. The highest BCUT2D eigenvalue weighted by Crippen LogP contribution is 2.33. The van der Waals surface area contributed by atoms with E-state index in [0.717, 1.165) is 12.8 Å². The predicted octanol–water partition coefficient (Wildman–Crippen LogP) is 4.48. The first-order valence-electron chi connectivity index (χ1n) is 5.47. The predicted molar refractivity (Wildman–Crippen MR) is 75.5 cm³/mol. The highest BCUT2D eigenvalue weighted by atomic mass is 79.9. The maximum absolute atomic E-state index is 11.3. The summed E-state index contributed by atoms with van der Waals surface area (Å²) in [5, 5.41) is 0.849. The van der Waals surface area contributed by atoms with Crippen LogP contribution in [0.25, 0.3) is 0 Å². The number of benzene rings is 1. The maximum atomic E-state index is 11.3. The summed E-state index contributed by atoms with van der Waals surface area (Å²) in [7, 11) is 0. The van der Waals surface area contributed by atoms with Crippen molar-refractivity contribution in [2.45, 2.75) is 19.8 Å². The average molecular weight is 356 g/mol. The van der Waals surface area contributed by atoms with Crippen LogP contribution in [0.3, 0.4) is 0 Å². The van der Waals surface area contributed by atoms with Gasteiger partial charge in [-0.05, 0) is 28.4 Å². The molecule has 0 fully saturated rings. The monoisotopic (exact) mass is 354 g/mol. The Morgan fingerprint density at radius 2 is 2.06 bits per heavy atom. The fraction of sp³-hybridized carbons (Fsp3) is 0.417. The van der Waals surface area contributed by atoms with E-state index in [-0.39, 0.29) is 6.61 Å². The summed E-state index contributed by atoms with van der Waals surface area (Å²) in [6.45, 7) is 2.25. The van der Waals surface area contributed by atoms with Crippen LogP contribution in [0.2, 0.25) is 10.0 Å². The fourth-order valence-corrected chi connectivity index (χ4v) is 1.97. The van der Waals surface area contributed by atoms with Crippen molar-refractivity contribution in [3.8, 4) is 5.75 Å². The number of esters is 1. The Kier molecular flexibility index (Phi) is 6.82. The van der Waals surface area contributed by atoms with E-state index in [1.165, 1.54) is 0 Å². The van der Waals surface area contributed by atoms with E-state index in [1.54, 1.807) is 12.1 Å². The normalized spacial score (nSPS) is 10.2. The van der Waals surface area contributed by atoms with E-state index in [1.807, 2.05) is 6.92 Å². The van der Waals surface area contributed by atoms with E-state index in [2.05, 4.69) is 15.9 Å². The molecule has 6 heteroatoms. The lowest BCUT2D eigenvalue weighted by molar-refractivity contribution is -0.146. The zero-order chi connectivity index (χ0) is 13.5. The highest BCUT2D eigenvalue weighted by Gasteiger charge is 2.09. The van der Waals surface area contributed by atoms with Crippen molar-refractivity contribution in [1.82, 2.24) is 0 Å². The summed E-state index contributed by atoms with van der Waals surface area (Å²) in [6.07, 6.45) is 1.82. The van der Waals surface area contributed by atoms with Crippen molar-refractivity contribution in [1.29, 1.82) is 0 Å². The summed E-state index contributed by atoms with van der Waals surface area (Å²) in [6, 6.07) is 3.16. The minimum Gasteiger partial charge on any atom is -0.480 e. The first-order valence-corrected chi connectivity index (χ1v) is 7.02. The molecule has 100 valence electrons. The van der Waals surface area contributed by atoms with Crippen LogP contribution in [-0.4, -0.2) is 19.2 Å². The van der Waals surface area contributed by atoms with E-state index in [4.69, 9.17) is 32.7 Å². The van der Waals surface area contributed by atoms with Crippen LogP contribution >= 0.6 is 39.1 Å². The zero-order valence-corrected chi connectivity index (χ0v) is 12.9. The van der Waals surface area contributed by atoms with Gasteiger partial charge in [0.1, 0.15) is 5.75 Å². The number of unbranched alkanes of at least 4 members (excludes halogenated alkanes) is 1. The lowest BCUT2D eigenvalue weighted by Gasteiger charge is -2.09. The molecule has 0 aromatic heterocycles. The molecule has 1 aromatic carbocycles. The fourth-order valence-electron chi connectivity index (χ4n) is 1.12. The first-order chi connectivity index (χ1) is 8.54. The molecular weight excluding hydrogens is 343 g/mol. The summed E-state index contributed by atoms with van der Waals surface area (Å²) in [5.41, 5.74) is 0. The van der Waals surface area contributed by atoms with Gasteiger partial charge in [-0.1, -0.05) is 36.5 Å². The molecule has 0 bridgehead atoms. The largest absolute Gasteiger partial charge is 0.480 e. The number of rotatable bonds is 6. The number of hydrogen-bond acceptors (Lipinski definition) is 3. The van der Waals surface area contributed by atoms with Gasteiger partial charge in [0, 0.05) is 10.5 Å². The van der Waals surface area contributed by atoms with Crippen molar-refractivity contribution in [2.75, 3.05) is 13.2 Å². The first kappa shape index (κ1) is 15.6. The maximum Gasteiger partial charge on any atom is 0.344 e. The minimum atomic E-state index is -0.418. The van der Waals surface area contributed by atoms with Gasteiger partial charge in [0.05, 0.1) is 16.7 Å². The lowest BCUT2D eigenvalue weighted by Crippen LogP contribution is -2.15. The Balaban J connectivity index is 2.48. The van der Waals surface area contributed by atoms with Crippen LogP contribution in [0.5, 0.6) is 5.75 Å². The molecule has 0 aliphatic heterocycles. The Labute approximate surface area is 124 Å². The molecule has 0 heterocycles.